The highest BCUT2D eigenvalue weighted by Gasteiger charge is 2.34. The highest BCUT2D eigenvalue weighted by atomic mass is 31.2. The molecule has 108 valence electrons. The molecule has 1 heterocycles. The quantitative estimate of drug-likeness (QED) is 0.547. The van der Waals surface area contributed by atoms with Crippen molar-refractivity contribution in [3.63, 3.8) is 0 Å². The van der Waals surface area contributed by atoms with E-state index in [0.717, 1.165) is 25.7 Å². The summed E-state index contributed by atoms with van der Waals surface area (Å²) in [6.07, 6.45) is 3.88. The standard InChI is InChI=1S/C12H25O5P/c1-4-5-6-7-8-18(13,14)16-10-11-9-15-12(2,3)17-11/h11H,4-10H2,1-3H3,(H,13,14)/t11-/m0/s1. The van der Waals surface area contributed by atoms with Gasteiger partial charge in [0.05, 0.1) is 13.2 Å². The van der Waals surface area contributed by atoms with Crippen LogP contribution in [0.1, 0.15) is 46.5 Å². The fraction of sp³-hybridized carbons (Fsp3) is 1.00. The Labute approximate surface area is 109 Å². The van der Waals surface area contributed by atoms with Gasteiger partial charge in [-0.1, -0.05) is 26.2 Å². The maximum atomic E-state index is 11.7. The number of ether oxygens (including phenoxy) is 2. The lowest BCUT2D eigenvalue weighted by Crippen LogP contribution is -2.23. The molecule has 1 N–H and O–H groups in total. The first kappa shape index (κ1) is 16.1. The van der Waals surface area contributed by atoms with E-state index < -0.39 is 13.4 Å². The van der Waals surface area contributed by atoms with Gasteiger partial charge >= 0.3 is 7.60 Å². The lowest BCUT2D eigenvalue weighted by Gasteiger charge is -2.18. The van der Waals surface area contributed by atoms with Crippen LogP contribution >= 0.6 is 7.60 Å². The summed E-state index contributed by atoms with van der Waals surface area (Å²) in [6.45, 7) is 6.26. The minimum atomic E-state index is -3.46. The molecule has 1 aliphatic rings. The van der Waals surface area contributed by atoms with Crippen LogP contribution in [0.15, 0.2) is 0 Å². The third kappa shape index (κ3) is 6.30. The molecule has 0 aromatic heterocycles. The molecule has 2 atom stereocenters. The van der Waals surface area contributed by atoms with Gasteiger partial charge in [0.15, 0.2) is 5.79 Å². The topological polar surface area (TPSA) is 65.0 Å². The fourth-order valence-corrected chi connectivity index (χ4v) is 3.00. The lowest BCUT2D eigenvalue weighted by molar-refractivity contribution is -0.141. The summed E-state index contributed by atoms with van der Waals surface area (Å²) in [4.78, 5) is 9.64. The molecule has 0 radical (unpaired) electrons. The molecule has 0 amide bonds. The summed E-state index contributed by atoms with van der Waals surface area (Å²) in [7, 11) is -3.46. The lowest BCUT2D eigenvalue weighted by atomic mass is 10.2. The summed E-state index contributed by atoms with van der Waals surface area (Å²) in [6, 6.07) is 0. The Bertz CT molecular complexity index is 292. The van der Waals surface area contributed by atoms with Gasteiger partial charge < -0.3 is 18.9 Å². The zero-order chi connectivity index (χ0) is 13.6. The highest BCUT2D eigenvalue weighted by molar-refractivity contribution is 7.52. The van der Waals surface area contributed by atoms with E-state index in [1.807, 2.05) is 13.8 Å². The van der Waals surface area contributed by atoms with Gasteiger partial charge in [0.1, 0.15) is 6.10 Å². The van der Waals surface area contributed by atoms with Crippen molar-refractivity contribution in [1.29, 1.82) is 0 Å². The number of rotatable bonds is 8. The van der Waals surface area contributed by atoms with Crippen molar-refractivity contribution >= 4 is 7.60 Å². The second kappa shape index (κ2) is 7.01. The van der Waals surface area contributed by atoms with Crippen LogP contribution < -0.4 is 0 Å². The highest BCUT2D eigenvalue weighted by Crippen LogP contribution is 2.43. The molecule has 18 heavy (non-hydrogen) atoms. The third-order valence-corrected chi connectivity index (χ3v) is 4.26. The Morgan fingerprint density at radius 3 is 2.67 bits per heavy atom. The van der Waals surface area contributed by atoms with Crippen molar-refractivity contribution in [3.05, 3.63) is 0 Å². The van der Waals surface area contributed by atoms with E-state index in [0.29, 0.717) is 6.61 Å². The molecule has 0 aromatic carbocycles. The van der Waals surface area contributed by atoms with E-state index in [-0.39, 0.29) is 18.9 Å². The van der Waals surface area contributed by atoms with Crippen LogP contribution in [-0.2, 0) is 18.6 Å². The smallest absolute Gasteiger partial charge is 0.328 e. The predicted octanol–water partition coefficient (Wildman–Crippen LogP) is 2.92. The van der Waals surface area contributed by atoms with E-state index >= 15 is 0 Å². The molecule has 1 fully saturated rings. The first-order valence-corrected chi connectivity index (χ1v) is 8.39. The van der Waals surface area contributed by atoms with Gasteiger partial charge in [-0.15, -0.1) is 0 Å². The fourth-order valence-electron chi connectivity index (χ4n) is 1.85. The number of hydrogen-bond acceptors (Lipinski definition) is 4. The van der Waals surface area contributed by atoms with Crippen LogP contribution in [0.4, 0.5) is 0 Å². The number of hydrogen-bond donors (Lipinski definition) is 1. The average molecular weight is 280 g/mol. The molecule has 0 spiro atoms. The molecular formula is C12H25O5P. The first-order chi connectivity index (χ1) is 8.35. The summed E-state index contributed by atoms with van der Waals surface area (Å²) in [5.41, 5.74) is 0. The Morgan fingerprint density at radius 2 is 2.11 bits per heavy atom. The SMILES string of the molecule is CCCCCCP(=O)(O)OC[C@@H]1COC(C)(C)O1. The van der Waals surface area contributed by atoms with Crippen molar-refractivity contribution in [2.24, 2.45) is 0 Å². The zero-order valence-corrected chi connectivity index (χ0v) is 12.4. The van der Waals surface area contributed by atoms with Crippen LogP contribution in [0.5, 0.6) is 0 Å². The van der Waals surface area contributed by atoms with Crippen molar-refractivity contribution in [2.75, 3.05) is 19.4 Å². The Hall–Kier alpha value is 0.0700. The van der Waals surface area contributed by atoms with Gasteiger partial charge in [-0.3, -0.25) is 4.57 Å². The second-order valence-electron chi connectivity index (χ2n) is 5.17. The minimum Gasteiger partial charge on any atom is -0.348 e. The average Bonchev–Trinajstić information content (AvgIpc) is 2.62. The normalized spacial score (nSPS) is 26.1. The predicted molar refractivity (Wildman–Crippen MR) is 69.7 cm³/mol. The Morgan fingerprint density at radius 1 is 1.39 bits per heavy atom. The second-order valence-corrected chi connectivity index (χ2v) is 7.15. The zero-order valence-electron chi connectivity index (χ0n) is 11.6. The largest absolute Gasteiger partial charge is 0.348 e. The van der Waals surface area contributed by atoms with Crippen LogP contribution in [0.3, 0.4) is 0 Å². The maximum absolute atomic E-state index is 11.7. The van der Waals surface area contributed by atoms with Crippen LogP contribution in [0.2, 0.25) is 0 Å². The monoisotopic (exact) mass is 280 g/mol. The van der Waals surface area contributed by atoms with Crippen molar-refractivity contribution in [2.45, 2.75) is 58.3 Å². The third-order valence-electron chi connectivity index (χ3n) is 2.82. The maximum Gasteiger partial charge on any atom is 0.328 e. The molecular weight excluding hydrogens is 255 g/mol. The minimum absolute atomic E-state index is 0.116. The summed E-state index contributed by atoms with van der Waals surface area (Å²) in [5.74, 6) is -0.616. The van der Waals surface area contributed by atoms with E-state index in [1.165, 1.54) is 0 Å². The van der Waals surface area contributed by atoms with Crippen molar-refractivity contribution in [1.82, 2.24) is 0 Å². The molecule has 5 nitrogen and oxygen atoms in total. The number of unbranched alkanes of at least 4 members (excludes halogenated alkanes) is 3. The molecule has 1 saturated heterocycles. The van der Waals surface area contributed by atoms with Crippen molar-refractivity contribution in [3.8, 4) is 0 Å². The molecule has 0 aromatic rings. The van der Waals surface area contributed by atoms with Gasteiger partial charge in [-0.25, -0.2) is 0 Å². The Balaban J connectivity index is 2.19. The summed E-state index contributed by atoms with van der Waals surface area (Å²) < 4.78 is 27.7. The van der Waals surface area contributed by atoms with Gasteiger partial charge in [-0.05, 0) is 20.3 Å². The Kier molecular flexibility index (Phi) is 6.28. The first-order valence-electron chi connectivity index (χ1n) is 6.63. The van der Waals surface area contributed by atoms with Gasteiger partial charge in [0.2, 0.25) is 0 Å². The molecule has 0 saturated carbocycles. The van der Waals surface area contributed by atoms with E-state index in [4.69, 9.17) is 14.0 Å². The molecule has 1 aliphatic heterocycles. The van der Waals surface area contributed by atoms with E-state index in [2.05, 4.69) is 6.92 Å². The van der Waals surface area contributed by atoms with Gasteiger partial charge in [0, 0.05) is 6.16 Å². The molecule has 1 unspecified atom stereocenters. The molecule has 1 rings (SSSR count). The van der Waals surface area contributed by atoms with Gasteiger partial charge in [-0.2, -0.15) is 0 Å². The van der Waals surface area contributed by atoms with E-state index in [9.17, 15) is 9.46 Å². The molecule has 6 heteroatoms. The molecule has 0 aliphatic carbocycles. The van der Waals surface area contributed by atoms with Crippen LogP contribution in [0.25, 0.3) is 0 Å². The summed E-state index contributed by atoms with van der Waals surface area (Å²) in [5, 5.41) is 0. The van der Waals surface area contributed by atoms with Crippen LogP contribution in [0, 0.1) is 0 Å². The summed E-state index contributed by atoms with van der Waals surface area (Å²) >= 11 is 0. The molecule has 0 bridgehead atoms. The van der Waals surface area contributed by atoms with Gasteiger partial charge in [0.25, 0.3) is 0 Å². The van der Waals surface area contributed by atoms with Crippen molar-refractivity contribution < 1.29 is 23.5 Å². The van der Waals surface area contributed by atoms with E-state index in [1.54, 1.807) is 0 Å². The van der Waals surface area contributed by atoms with Crippen LogP contribution in [-0.4, -0.2) is 36.2 Å².